The molecule has 0 fully saturated rings. The molecule has 0 aliphatic rings. The summed E-state index contributed by atoms with van der Waals surface area (Å²) in [5.74, 6) is -0.996. The quantitative estimate of drug-likeness (QED) is 0.370. The Morgan fingerprint density at radius 3 is 2.07 bits per heavy atom. The van der Waals surface area contributed by atoms with Gasteiger partial charge < -0.3 is 20.5 Å². The van der Waals surface area contributed by atoms with Crippen LogP contribution in [0, 0.1) is 0 Å². The van der Waals surface area contributed by atoms with E-state index in [1.54, 1.807) is 0 Å². The van der Waals surface area contributed by atoms with E-state index in [1.165, 1.54) is 0 Å². The van der Waals surface area contributed by atoms with Gasteiger partial charge in [-0.15, -0.1) is 0 Å². The van der Waals surface area contributed by atoms with Gasteiger partial charge in [-0.25, -0.2) is 0 Å². The zero-order valence-corrected chi connectivity index (χ0v) is 8.23. The van der Waals surface area contributed by atoms with Crippen LogP contribution in [-0.4, -0.2) is 36.5 Å². The summed E-state index contributed by atoms with van der Waals surface area (Å²) in [4.78, 5) is 21.8. The van der Waals surface area contributed by atoms with Crippen LogP contribution in [0.3, 0.4) is 0 Å². The molecule has 15 heavy (non-hydrogen) atoms. The van der Waals surface area contributed by atoms with Gasteiger partial charge in [-0.3, -0.25) is 9.59 Å². The predicted octanol–water partition coefficient (Wildman–Crippen LogP) is -1.12. The van der Waals surface area contributed by atoms with Crippen molar-refractivity contribution < 1.29 is 19.4 Å². The van der Waals surface area contributed by atoms with Crippen LogP contribution in [0.2, 0.25) is 0 Å². The van der Waals surface area contributed by atoms with Gasteiger partial charge in [0.15, 0.2) is 0 Å². The predicted molar refractivity (Wildman–Crippen MR) is 53.5 cm³/mol. The van der Waals surface area contributed by atoms with Crippen LogP contribution in [0.15, 0.2) is 25.3 Å². The molecule has 0 radical (unpaired) electrons. The molecule has 0 aliphatic carbocycles. The second-order valence-corrected chi connectivity index (χ2v) is 2.40. The van der Waals surface area contributed by atoms with Crippen molar-refractivity contribution in [3.05, 3.63) is 25.3 Å². The van der Waals surface area contributed by atoms with E-state index < -0.39 is 18.2 Å². The van der Waals surface area contributed by atoms with Gasteiger partial charge in [-0.2, -0.15) is 0 Å². The molecule has 0 spiro atoms. The minimum absolute atomic E-state index is 0.0144. The molecule has 84 valence electrons. The minimum atomic E-state index is -1.01. The second kappa shape index (κ2) is 7.72. The molecule has 0 aliphatic heterocycles. The number of amides is 2. The normalized spacial score (nSPS) is 9.47. The van der Waals surface area contributed by atoms with Gasteiger partial charge in [0.1, 0.15) is 0 Å². The molecule has 0 unspecified atom stereocenters. The summed E-state index contributed by atoms with van der Waals surface area (Å²) in [5.41, 5.74) is 0. The Morgan fingerprint density at radius 2 is 1.73 bits per heavy atom. The van der Waals surface area contributed by atoms with E-state index in [0.29, 0.717) is 0 Å². The zero-order valence-electron chi connectivity index (χ0n) is 8.23. The topological polar surface area (TPSA) is 87.7 Å². The van der Waals surface area contributed by atoms with Crippen molar-refractivity contribution in [2.75, 3.05) is 13.2 Å². The van der Waals surface area contributed by atoms with Crippen molar-refractivity contribution in [1.29, 1.82) is 0 Å². The Hall–Kier alpha value is -1.66. The molecule has 6 nitrogen and oxygen atoms in total. The van der Waals surface area contributed by atoms with Crippen LogP contribution in [0.5, 0.6) is 0 Å². The number of nitrogens with one attached hydrogen (secondary N) is 2. The van der Waals surface area contributed by atoms with E-state index in [1.807, 2.05) is 0 Å². The lowest BCUT2D eigenvalue weighted by atomic mass is 10.5. The first-order chi connectivity index (χ1) is 7.13. The Kier molecular flexibility index (Phi) is 6.86. The van der Waals surface area contributed by atoms with E-state index in [9.17, 15) is 9.59 Å². The van der Waals surface area contributed by atoms with Crippen molar-refractivity contribution in [2.45, 2.75) is 6.35 Å². The Labute approximate surface area is 87.6 Å². The standard InChI is InChI=1S/C9H14N2O4/c1-3-7(13)10-9(15-6-5-12)11-8(14)4-2/h3-4,9,12H,1-2,5-6H2,(H,10,13)(H,11,14). The Morgan fingerprint density at radius 1 is 1.27 bits per heavy atom. The van der Waals surface area contributed by atoms with E-state index in [0.717, 1.165) is 12.2 Å². The molecule has 0 heterocycles. The van der Waals surface area contributed by atoms with Gasteiger partial charge in [0.05, 0.1) is 13.2 Å². The zero-order chi connectivity index (χ0) is 11.7. The van der Waals surface area contributed by atoms with Gasteiger partial charge in [0, 0.05) is 0 Å². The number of rotatable bonds is 7. The first kappa shape index (κ1) is 13.3. The number of ether oxygens (including phenoxy) is 1. The lowest BCUT2D eigenvalue weighted by molar-refractivity contribution is -0.127. The number of carbonyl (C=O) groups is 2. The summed E-state index contributed by atoms with van der Waals surface area (Å²) in [6.45, 7) is 6.25. The summed E-state index contributed by atoms with van der Waals surface area (Å²) >= 11 is 0. The van der Waals surface area contributed by atoms with E-state index in [-0.39, 0.29) is 13.2 Å². The number of hydrogen-bond donors (Lipinski definition) is 3. The van der Waals surface area contributed by atoms with Gasteiger partial charge in [-0.05, 0) is 12.2 Å². The SMILES string of the molecule is C=CC(=O)NC(NC(=O)C=C)OCCO. The lowest BCUT2D eigenvalue weighted by Gasteiger charge is -2.18. The maximum Gasteiger partial charge on any atom is 0.246 e. The number of aliphatic hydroxyl groups is 1. The van der Waals surface area contributed by atoms with E-state index in [2.05, 4.69) is 23.8 Å². The fourth-order valence-electron chi connectivity index (χ4n) is 0.666. The van der Waals surface area contributed by atoms with E-state index >= 15 is 0 Å². The molecular weight excluding hydrogens is 200 g/mol. The molecule has 0 aromatic heterocycles. The van der Waals surface area contributed by atoms with Crippen molar-refractivity contribution in [3.63, 3.8) is 0 Å². The fraction of sp³-hybridized carbons (Fsp3) is 0.333. The highest BCUT2D eigenvalue weighted by Gasteiger charge is 2.11. The van der Waals surface area contributed by atoms with E-state index in [4.69, 9.17) is 9.84 Å². The highest BCUT2D eigenvalue weighted by molar-refractivity contribution is 5.89. The third kappa shape index (κ3) is 6.42. The van der Waals surface area contributed by atoms with Crippen LogP contribution in [0.1, 0.15) is 0 Å². The summed E-state index contributed by atoms with van der Waals surface area (Å²) in [6.07, 6.45) is 1.07. The monoisotopic (exact) mass is 214 g/mol. The average Bonchev–Trinajstić information content (AvgIpc) is 2.25. The maximum atomic E-state index is 10.9. The van der Waals surface area contributed by atoms with Crippen molar-refractivity contribution in [2.24, 2.45) is 0 Å². The van der Waals surface area contributed by atoms with Gasteiger partial charge in [-0.1, -0.05) is 13.2 Å². The second-order valence-electron chi connectivity index (χ2n) is 2.40. The molecule has 0 aromatic rings. The number of hydrogen-bond acceptors (Lipinski definition) is 4. The highest BCUT2D eigenvalue weighted by Crippen LogP contribution is 1.84. The van der Waals surface area contributed by atoms with Crippen LogP contribution in [0.25, 0.3) is 0 Å². The van der Waals surface area contributed by atoms with Crippen molar-refractivity contribution >= 4 is 11.8 Å². The molecule has 0 saturated heterocycles. The van der Waals surface area contributed by atoms with Crippen LogP contribution in [0.4, 0.5) is 0 Å². The lowest BCUT2D eigenvalue weighted by Crippen LogP contribution is -2.49. The molecule has 0 aromatic carbocycles. The molecule has 6 heteroatoms. The summed E-state index contributed by atoms with van der Waals surface area (Å²) < 4.78 is 4.93. The third-order valence-electron chi connectivity index (χ3n) is 1.29. The van der Waals surface area contributed by atoms with Crippen LogP contribution in [-0.2, 0) is 14.3 Å². The summed E-state index contributed by atoms with van der Waals surface area (Å²) in [5, 5.41) is 13.1. The molecule has 0 saturated carbocycles. The van der Waals surface area contributed by atoms with Crippen molar-refractivity contribution in [3.8, 4) is 0 Å². The van der Waals surface area contributed by atoms with Gasteiger partial charge >= 0.3 is 0 Å². The van der Waals surface area contributed by atoms with Crippen LogP contribution < -0.4 is 10.6 Å². The van der Waals surface area contributed by atoms with Crippen molar-refractivity contribution in [1.82, 2.24) is 10.6 Å². The average molecular weight is 214 g/mol. The molecule has 0 bridgehead atoms. The number of aliphatic hydroxyl groups excluding tert-OH is 1. The largest absolute Gasteiger partial charge is 0.394 e. The third-order valence-corrected chi connectivity index (χ3v) is 1.29. The summed E-state index contributed by atoms with van der Waals surface area (Å²) in [7, 11) is 0. The first-order valence-corrected chi connectivity index (χ1v) is 4.22. The molecule has 0 atom stereocenters. The number of carbonyl (C=O) groups excluding carboxylic acids is 2. The van der Waals surface area contributed by atoms with Crippen LogP contribution >= 0.6 is 0 Å². The molecule has 2 amide bonds. The molecule has 0 rings (SSSR count). The molecular formula is C9H14N2O4. The fourth-order valence-corrected chi connectivity index (χ4v) is 0.666. The minimum Gasteiger partial charge on any atom is -0.394 e. The Balaban J connectivity index is 4.16. The highest BCUT2D eigenvalue weighted by atomic mass is 16.5. The first-order valence-electron chi connectivity index (χ1n) is 4.22. The van der Waals surface area contributed by atoms with Gasteiger partial charge in [0.25, 0.3) is 0 Å². The summed E-state index contributed by atoms with van der Waals surface area (Å²) in [6, 6.07) is 0. The maximum absolute atomic E-state index is 10.9. The molecule has 3 N–H and O–H groups in total. The smallest absolute Gasteiger partial charge is 0.246 e. The Bertz CT molecular complexity index is 230. The van der Waals surface area contributed by atoms with Gasteiger partial charge in [0.2, 0.25) is 18.2 Å².